The maximum atomic E-state index is 9.68. The molecular weight excluding hydrogens is 302 g/mol. The topological polar surface area (TPSA) is 57.6 Å². The van der Waals surface area contributed by atoms with Crippen molar-refractivity contribution in [3.05, 3.63) is 48.2 Å². The van der Waals surface area contributed by atoms with Gasteiger partial charge in [0.05, 0.1) is 18.4 Å². The summed E-state index contributed by atoms with van der Waals surface area (Å²) in [5, 5.41) is 13.2. The maximum absolute atomic E-state index is 9.68. The average Bonchev–Trinajstić information content (AvgIpc) is 2.62. The number of ether oxygens (including phenoxy) is 1. The smallest absolute Gasteiger partial charge is 0.151 e. The van der Waals surface area contributed by atoms with Gasteiger partial charge in [0.25, 0.3) is 0 Å². The molecule has 0 aliphatic carbocycles. The number of hydrogen-bond acceptors (Lipinski definition) is 5. The van der Waals surface area contributed by atoms with Gasteiger partial charge in [-0.1, -0.05) is 12.1 Å². The Balaban J connectivity index is 1.64. The van der Waals surface area contributed by atoms with E-state index in [4.69, 9.17) is 4.74 Å². The van der Waals surface area contributed by atoms with Crippen molar-refractivity contribution in [2.45, 2.75) is 32.4 Å². The number of rotatable bonds is 6. The van der Waals surface area contributed by atoms with E-state index in [2.05, 4.69) is 33.4 Å². The molecule has 0 unspecified atom stereocenters. The third-order valence-corrected chi connectivity index (χ3v) is 4.27. The van der Waals surface area contributed by atoms with Gasteiger partial charge in [0, 0.05) is 25.8 Å². The van der Waals surface area contributed by atoms with Crippen LogP contribution in [0.1, 0.15) is 25.3 Å². The van der Waals surface area contributed by atoms with Crippen molar-refractivity contribution in [3.8, 4) is 5.75 Å². The Kier molecular flexibility index (Phi) is 5.54. The van der Waals surface area contributed by atoms with E-state index < -0.39 is 0 Å². The number of hydrogen-bond donors (Lipinski definition) is 2. The molecule has 1 aromatic carbocycles. The number of nitrogens with one attached hydrogen (secondary N) is 1. The minimum Gasteiger partial charge on any atom is -0.494 e. The normalized spacial score (nSPS) is 15.3. The lowest BCUT2D eigenvalue weighted by atomic mass is 10.1. The standard InChI is InChI=1S/C19H25N3O2/c1-2-24-17-7-5-15(6-8-17)14-21-18-4-3-11-20-19(18)22-12-9-16(23)10-13-22/h3-8,11,16,21,23H,2,9-10,12-14H2,1H3. The fraction of sp³-hybridized carbons (Fsp3) is 0.421. The van der Waals surface area contributed by atoms with Crippen LogP contribution in [0, 0.1) is 0 Å². The zero-order chi connectivity index (χ0) is 16.8. The van der Waals surface area contributed by atoms with E-state index in [9.17, 15) is 5.11 Å². The fourth-order valence-electron chi connectivity index (χ4n) is 2.93. The number of anilines is 2. The molecule has 3 rings (SSSR count). The quantitative estimate of drug-likeness (QED) is 0.854. The van der Waals surface area contributed by atoms with Gasteiger partial charge in [-0.3, -0.25) is 0 Å². The van der Waals surface area contributed by atoms with Gasteiger partial charge in [-0.25, -0.2) is 4.98 Å². The first-order valence-corrected chi connectivity index (χ1v) is 8.60. The van der Waals surface area contributed by atoms with E-state index in [1.807, 2.05) is 31.3 Å². The Bertz CT molecular complexity index is 637. The number of pyridine rings is 1. The number of piperidine rings is 1. The lowest BCUT2D eigenvalue weighted by Crippen LogP contribution is -2.36. The highest BCUT2D eigenvalue weighted by Gasteiger charge is 2.20. The van der Waals surface area contributed by atoms with Crippen LogP contribution in [0.25, 0.3) is 0 Å². The van der Waals surface area contributed by atoms with Gasteiger partial charge in [0.15, 0.2) is 5.82 Å². The van der Waals surface area contributed by atoms with Crippen LogP contribution in [0.2, 0.25) is 0 Å². The molecule has 0 atom stereocenters. The summed E-state index contributed by atoms with van der Waals surface area (Å²) in [5.41, 5.74) is 2.23. The summed E-state index contributed by atoms with van der Waals surface area (Å²) in [4.78, 5) is 6.78. The van der Waals surface area contributed by atoms with Crippen LogP contribution in [0.3, 0.4) is 0 Å². The molecule has 0 amide bonds. The summed E-state index contributed by atoms with van der Waals surface area (Å²) in [6, 6.07) is 12.1. The Morgan fingerprint density at radius 2 is 1.96 bits per heavy atom. The summed E-state index contributed by atoms with van der Waals surface area (Å²) in [5.74, 6) is 1.87. The molecule has 2 N–H and O–H groups in total. The number of aromatic nitrogens is 1. The summed E-state index contributed by atoms with van der Waals surface area (Å²) in [7, 11) is 0. The summed E-state index contributed by atoms with van der Waals surface area (Å²) in [6.07, 6.45) is 3.25. The van der Waals surface area contributed by atoms with Crippen molar-refractivity contribution in [1.82, 2.24) is 4.98 Å². The molecule has 24 heavy (non-hydrogen) atoms. The molecule has 1 aromatic heterocycles. The first-order valence-electron chi connectivity index (χ1n) is 8.60. The van der Waals surface area contributed by atoms with Gasteiger partial charge in [-0.15, -0.1) is 0 Å². The molecule has 1 fully saturated rings. The second-order valence-electron chi connectivity index (χ2n) is 6.02. The van der Waals surface area contributed by atoms with Crippen LogP contribution in [0.15, 0.2) is 42.6 Å². The van der Waals surface area contributed by atoms with Crippen molar-refractivity contribution in [1.29, 1.82) is 0 Å². The van der Waals surface area contributed by atoms with Gasteiger partial charge < -0.3 is 20.1 Å². The van der Waals surface area contributed by atoms with Crippen LogP contribution in [0.5, 0.6) is 5.75 Å². The lowest BCUT2D eigenvalue weighted by Gasteiger charge is -2.31. The molecule has 1 aliphatic heterocycles. The highest BCUT2D eigenvalue weighted by molar-refractivity contribution is 5.65. The largest absolute Gasteiger partial charge is 0.494 e. The van der Waals surface area contributed by atoms with Crippen LogP contribution >= 0.6 is 0 Å². The zero-order valence-electron chi connectivity index (χ0n) is 14.1. The Morgan fingerprint density at radius 1 is 1.21 bits per heavy atom. The first-order chi connectivity index (χ1) is 11.8. The van der Waals surface area contributed by atoms with Crippen molar-refractivity contribution in [2.24, 2.45) is 0 Å². The van der Waals surface area contributed by atoms with Crippen molar-refractivity contribution < 1.29 is 9.84 Å². The average molecular weight is 327 g/mol. The van der Waals surface area contributed by atoms with Crippen molar-refractivity contribution in [3.63, 3.8) is 0 Å². The van der Waals surface area contributed by atoms with Crippen LogP contribution in [-0.4, -0.2) is 35.9 Å². The van der Waals surface area contributed by atoms with Gasteiger partial charge in [-0.05, 0) is 49.6 Å². The number of benzene rings is 1. The molecule has 128 valence electrons. The van der Waals surface area contributed by atoms with Gasteiger partial charge in [0.1, 0.15) is 5.75 Å². The number of nitrogens with zero attached hydrogens (tertiary/aromatic N) is 2. The third kappa shape index (κ3) is 4.17. The number of aliphatic hydroxyl groups excluding tert-OH is 1. The fourth-order valence-corrected chi connectivity index (χ4v) is 2.93. The molecule has 0 spiro atoms. The van der Waals surface area contributed by atoms with E-state index in [0.717, 1.165) is 49.7 Å². The molecule has 5 nitrogen and oxygen atoms in total. The van der Waals surface area contributed by atoms with E-state index >= 15 is 0 Å². The molecule has 2 heterocycles. The third-order valence-electron chi connectivity index (χ3n) is 4.27. The van der Waals surface area contributed by atoms with Crippen LogP contribution < -0.4 is 15.0 Å². The predicted molar refractivity (Wildman–Crippen MR) is 96.6 cm³/mol. The first kappa shape index (κ1) is 16.6. The highest BCUT2D eigenvalue weighted by atomic mass is 16.5. The SMILES string of the molecule is CCOc1ccc(CNc2cccnc2N2CCC(O)CC2)cc1. The molecule has 0 bridgehead atoms. The molecule has 1 aliphatic rings. The van der Waals surface area contributed by atoms with Gasteiger partial charge >= 0.3 is 0 Å². The molecule has 0 saturated carbocycles. The summed E-state index contributed by atoms with van der Waals surface area (Å²) in [6.45, 7) is 5.09. The monoisotopic (exact) mass is 327 g/mol. The second-order valence-corrected chi connectivity index (χ2v) is 6.02. The molecular formula is C19H25N3O2. The molecule has 2 aromatic rings. The van der Waals surface area contributed by atoms with E-state index in [1.165, 1.54) is 5.56 Å². The summed E-state index contributed by atoms with van der Waals surface area (Å²) < 4.78 is 5.47. The van der Waals surface area contributed by atoms with Crippen molar-refractivity contribution in [2.75, 3.05) is 29.9 Å². The molecule has 1 saturated heterocycles. The van der Waals surface area contributed by atoms with Gasteiger partial charge in [0.2, 0.25) is 0 Å². The molecule has 0 radical (unpaired) electrons. The predicted octanol–water partition coefficient (Wildman–Crippen LogP) is 3.05. The van der Waals surface area contributed by atoms with E-state index in [1.54, 1.807) is 0 Å². The van der Waals surface area contributed by atoms with Crippen LogP contribution in [0.4, 0.5) is 11.5 Å². The Hall–Kier alpha value is -2.27. The number of aliphatic hydroxyl groups is 1. The molecule has 5 heteroatoms. The highest BCUT2D eigenvalue weighted by Crippen LogP contribution is 2.26. The van der Waals surface area contributed by atoms with E-state index in [0.29, 0.717) is 6.61 Å². The zero-order valence-corrected chi connectivity index (χ0v) is 14.1. The van der Waals surface area contributed by atoms with Crippen LogP contribution in [-0.2, 0) is 6.54 Å². The van der Waals surface area contributed by atoms with Gasteiger partial charge in [-0.2, -0.15) is 0 Å². The summed E-state index contributed by atoms with van der Waals surface area (Å²) >= 11 is 0. The minimum atomic E-state index is -0.176. The lowest BCUT2D eigenvalue weighted by molar-refractivity contribution is 0.145. The Labute approximate surface area is 143 Å². The van der Waals surface area contributed by atoms with Crippen molar-refractivity contribution >= 4 is 11.5 Å². The van der Waals surface area contributed by atoms with E-state index in [-0.39, 0.29) is 6.10 Å². The maximum Gasteiger partial charge on any atom is 0.151 e. The Morgan fingerprint density at radius 3 is 2.67 bits per heavy atom. The minimum absolute atomic E-state index is 0.176. The second kappa shape index (κ2) is 8.02.